The molecular formula is C16H19N3O2. The highest BCUT2D eigenvalue weighted by Gasteiger charge is 2.10. The number of hydrogen-bond donors (Lipinski definition) is 2. The van der Waals surface area contributed by atoms with E-state index >= 15 is 0 Å². The molecule has 5 nitrogen and oxygen atoms in total. The zero-order chi connectivity index (χ0) is 15.2. The normalized spacial score (nSPS) is 11.7. The van der Waals surface area contributed by atoms with E-state index in [2.05, 4.69) is 10.3 Å². The molecule has 110 valence electrons. The summed E-state index contributed by atoms with van der Waals surface area (Å²) in [6.07, 6.45) is 1.50. The Kier molecular flexibility index (Phi) is 4.77. The van der Waals surface area contributed by atoms with Crippen LogP contribution in [-0.4, -0.2) is 17.6 Å². The molecule has 0 spiro atoms. The van der Waals surface area contributed by atoms with Gasteiger partial charge in [-0.3, -0.25) is 0 Å². The Labute approximate surface area is 124 Å². The molecule has 0 saturated heterocycles. The van der Waals surface area contributed by atoms with Crippen molar-refractivity contribution < 1.29 is 9.53 Å². The number of benzene rings is 1. The fourth-order valence-electron chi connectivity index (χ4n) is 2.02. The number of pyridine rings is 1. The van der Waals surface area contributed by atoms with E-state index in [-0.39, 0.29) is 12.0 Å². The Bertz CT molecular complexity index is 611. The van der Waals surface area contributed by atoms with Crippen molar-refractivity contribution >= 4 is 17.5 Å². The van der Waals surface area contributed by atoms with Gasteiger partial charge in [0.2, 0.25) is 0 Å². The first-order valence-corrected chi connectivity index (χ1v) is 6.86. The Balaban J connectivity index is 2.07. The number of para-hydroxylation sites is 1. The Morgan fingerprint density at radius 2 is 2.10 bits per heavy atom. The second kappa shape index (κ2) is 6.74. The lowest BCUT2D eigenvalue weighted by molar-refractivity contribution is 0.0526. The van der Waals surface area contributed by atoms with Gasteiger partial charge in [-0.15, -0.1) is 0 Å². The van der Waals surface area contributed by atoms with Gasteiger partial charge in [-0.25, -0.2) is 9.78 Å². The highest BCUT2D eigenvalue weighted by Crippen LogP contribution is 2.22. The summed E-state index contributed by atoms with van der Waals surface area (Å²) in [4.78, 5) is 15.8. The van der Waals surface area contributed by atoms with Gasteiger partial charge < -0.3 is 15.8 Å². The van der Waals surface area contributed by atoms with Crippen molar-refractivity contribution in [2.45, 2.75) is 19.9 Å². The zero-order valence-corrected chi connectivity index (χ0v) is 12.2. The molecule has 3 N–H and O–H groups in total. The quantitative estimate of drug-likeness (QED) is 0.652. The molecule has 0 fully saturated rings. The lowest BCUT2D eigenvalue weighted by atomic mass is 10.1. The fraction of sp³-hybridized carbons (Fsp3) is 0.250. The van der Waals surface area contributed by atoms with Crippen molar-refractivity contribution in [3.05, 3.63) is 53.7 Å². The van der Waals surface area contributed by atoms with Crippen LogP contribution in [0, 0.1) is 0 Å². The van der Waals surface area contributed by atoms with Gasteiger partial charge in [0, 0.05) is 11.9 Å². The molecule has 1 unspecified atom stereocenters. The van der Waals surface area contributed by atoms with Crippen molar-refractivity contribution in [1.82, 2.24) is 4.98 Å². The summed E-state index contributed by atoms with van der Waals surface area (Å²) in [7, 11) is 0. The average molecular weight is 285 g/mol. The number of ether oxygens (including phenoxy) is 1. The maximum Gasteiger partial charge on any atom is 0.339 e. The lowest BCUT2D eigenvalue weighted by Crippen LogP contribution is -2.11. The van der Waals surface area contributed by atoms with Crippen LogP contribution in [-0.2, 0) is 4.74 Å². The maximum atomic E-state index is 11.5. The van der Waals surface area contributed by atoms with E-state index < -0.39 is 0 Å². The first kappa shape index (κ1) is 14.8. The molecule has 0 bridgehead atoms. The number of aromatic nitrogens is 1. The van der Waals surface area contributed by atoms with Crippen LogP contribution in [0.4, 0.5) is 11.5 Å². The molecule has 5 heteroatoms. The van der Waals surface area contributed by atoms with Gasteiger partial charge in [0.05, 0.1) is 18.2 Å². The van der Waals surface area contributed by atoms with Gasteiger partial charge in [0.1, 0.15) is 5.82 Å². The van der Waals surface area contributed by atoms with E-state index in [1.807, 2.05) is 31.2 Å². The monoisotopic (exact) mass is 285 g/mol. The third kappa shape index (κ3) is 3.72. The Hall–Kier alpha value is -2.56. The summed E-state index contributed by atoms with van der Waals surface area (Å²) in [5.41, 5.74) is 8.13. The van der Waals surface area contributed by atoms with Crippen LogP contribution in [0.1, 0.15) is 35.8 Å². The summed E-state index contributed by atoms with van der Waals surface area (Å²) in [5, 5.41) is 3.25. The molecule has 2 aromatic rings. The molecule has 1 atom stereocenters. The number of nitrogens with zero attached hydrogens (tertiary/aromatic N) is 1. The molecule has 21 heavy (non-hydrogen) atoms. The summed E-state index contributed by atoms with van der Waals surface area (Å²) in [5.74, 6) is 0.315. The summed E-state index contributed by atoms with van der Waals surface area (Å²) in [6.45, 7) is 4.13. The smallest absolute Gasteiger partial charge is 0.339 e. The van der Waals surface area contributed by atoms with Crippen LogP contribution in [0.2, 0.25) is 0 Å². The number of anilines is 2. The molecule has 1 aromatic heterocycles. The van der Waals surface area contributed by atoms with Crippen molar-refractivity contribution in [2.75, 3.05) is 17.7 Å². The predicted molar refractivity (Wildman–Crippen MR) is 83.1 cm³/mol. The number of carbonyl (C=O) groups is 1. The van der Waals surface area contributed by atoms with E-state index in [1.165, 1.54) is 6.20 Å². The first-order chi connectivity index (χ1) is 10.1. The average Bonchev–Trinajstić information content (AvgIpc) is 2.48. The highest BCUT2D eigenvalue weighted by atomic mass is 16.5. The second-order valence-corrected chi connectivity index (χ2v) is 4.65. The standard InChI is InChI=1S/C16H19N3O2/c1-3-21-16(20)12-8-9-15(18-10-12)19-11(2)13-6-4-5-7-14(13)17/h4-11H,3,17H2,1-2H3,(H,18,19). The second-order valence-electron chi connectivity index (χ2n) is 4.65. The molecule has 1 heterocycles. The summed E-state index contributed by atoms with van der Waals surface area (Å²) >= 11 is 0. The van der Waals surface area contributed by atoms with Crippen molar-refractivity contribution in [3.63, 3.8) is 0 Å². The zero-order valence-electron chi connectivity index (χ0n) is 12.2. The van der Waals surface area contributed by atoms with Crippen LogP contribution in [0.3, 0.4) is 0 Å². The van der Waals surface area contributed by atoms with E-state index in [0.717, 1.165) is 11.3 Å². The molecule has 2 rings (SSSR count). The van der Waals surface area contributed by atoms with Crippen LogP contribution in [0.5, 0.6) is 0 Å². The number of nitrogens with one attached hydrogen (secondary N) is 1. The van der Waals surface area contributed by atoms with Gasteiger partial charge >= 0.3 is 5.97 Å². The largest absolute Gasteiger partial charge is 0.462 e. The Morgan fingerprint density at radius 3 is 2.71 bits per heavy atom. The molecule has 0 amide bonds. The van der Waals surface area contributed by atoms with Crippen molar-refractivity contribution in [3.8, 4) is 0 Å². The molecule has 0 aliphatic carbocycles. The molecular weight excluding hydrogens is 266 g/mol. The fourth-order valence-corrected chi connectivity index (χ4v) is 2.02. The topological polar surface area (TPSA) is 77.2 Å². The van der Waals surface area contributed by atoms with Gasteiger partial charge in [0.15, 0.2) is 0 Å². The minimum Gasteiger partial charge on any atom is -0.462 e. The summed E-state index contributed by atoms with van der Waals surface area (Å²) in [6, 6.07) is 11.1. The maximum absolute atomic E-state index is 11.5. The number of esters is 1. The number of hydrogen-bond acceptors (Lipinski definition) is 5. The minimum atomic E-state index is -0.364. The number of nitrogens with two attached hydrogens (primary N) is 1. The third-order valence-electron chi connectivity index (χ3n) is 3.10. The van der Waals surface area contributed by atoms with Crippen LogP contribution in [0.15, 0.2) is 42.6 Å². The summed E-state index contributed by atoms with van der Waals surface area (Å²) < 4.78 is 4.92. The van der Waals surface area contributed by atoms with Crippen LogP contribution >= 0.6 is 0 Å². The number of rotatable bonds is 5. The van der Waals surface area contributed by atoms with Gasteiger partial charge in [-0.1, -0.05) is 18.2 Å². The molecule has 1 aromatic carbocycles. The minimum absolute atomic E-state index is 0.0205. The molecule has 0 aliphatic rings. The van der Waals surface area contributed by atoms with E-state index in [0.29, 0.717) is 18.0 Å². The molecule has 0 radical (unpaired) electrons. The van der Waals surface area contributed by atoms with Crippen LogP contribution in [0.25, 0.3) is 0 Å². The first-order valence-electron chi connectivity index (χ1n) is 6.86. The van der Waals surface area contributed by atoms with Gasteiger partial charge in [-0.05, 0) is 37.6 Å². The third-order valence-corrected chi connectivity index (χ3v) is 3.10. The van der Waals surface area contributed by atoms with Crippen molar-refractivity contribution in [1.29, 1.82) is 0 Å². The molecule has 0 saturated carbocycles. The van der Waals surface area contributed by atoms with Crippen LogP contribution < -0.4 is 11.1 Å². The molecule has 0 aliphatic heterocycles. The van der Waals surface area contributed by atoms with E-state index in [9.17, 15) is 4.79 Å². The van der Waals surface area contributed by atoms with E-state index in [1.54, 1.807) is 19.1 Å². The lowest BCUT2D eigenvalue weighted by Gasteiger charge is -2.16. The highest BCUT2D eigenvalue weighted by molar-refractivity contribution is 5.89. The van der Waals surface area contributed by atoms with E-state index in [4.69, 9.17) is 10.5 Å². The van der Waals surface area contributed by atoms with Gasteiger partial charge in [-0.2, -0.15) is 0 Å². The van der Waals surface area contributed by atoms with Crippen molar-refractivity contribution in [2.24, 2.45) is 0 Å². The number of nitrogen functional groups attached to an aromatic ring is 1. The Morgan fingerprint density at radius 1 is 1.33 bits per heavy atom. The number of carbonyl (C=O) groups excluding carboxylic acids is 1. The SMILES string of the molecule is CCOC(=O)c1ccc(NC(C)c2ccccc2N)nc1. The predicted octanol–water partition coefficient (Wildman–Crippen LogP) is 3.01. The van der Waals surface area contributed by atoms with Gasteiger partial charge in [0.25, 0.3) is 0 Å².